The number of piperazine rings is 1. The molecule has 1 aromatic carbocycles. The Labute approximate surface area is 203 Å². The number of rotatable bonds is 8. The van der Waals surface area contributed by atoms with Crippen molar-refractivity contribution in [2.75, 3.05) is 44.2 Å². The van der Waals surface area contributed by atoms with E-state index in [4.69, 9.17) is 5.73 Å². The number of nitrogens with zero attached hydrogens (tertiary/aromatic N) is 2. The molecule has 1 aromatic heterocycles. The maximum atomic E-state index is 13.0. The lowest BCUT2D eigenvalue weighted by Gasteiger charge is -2.37. The Morgan fingerprint density at radius 1 is 1.12 bits per heavy atom. The fourth-order valence-electron chi connectivity index (χ4n) is 5.17. The minimum Gasteiger partial charge on any atom is -0.368 e. The largest absolute Gasteiger partial charge is 0.416 e. The van der Waals surface area contributed by atoms with E-state index in [0.29, 0.717) is 23.7 Å². The number of alkyl halides is 3. The lowest BCUT2D eigenvalue weighted by atomic mass is 9.84. The number of hydrogen-bond acceptors (Lipinski definition) is 5. The summed E-state index contributed by atoms with van der Waals surface area (Å²) in [4.78, 5) is 16.7. The molecule has 2 fully saturated rings. The van der Waals surface area contributed by atoms with Gasteiger partial charge in [0.1, 0.15) is 0 Å². The molecule has 4 rings (SSSR count). The molecule has 0 radical (unpaired) electrons. The molecule has 0 spiro atoms. The van der Waals surface area contributed by atoms with Crippen molar-refractivity contribution in [2.24, 2.45) is 11.7 Å². The van der Waals surface area contributed by atoms with E-state index in [1.807, 2.05) is 5.38 Å². The standard InChI is InChI=1S/C25H35F3N4OS/c26-25(27,28)19-5-8-21-22(17-34-23(21)16-19)32-14-12-31(13-15-32)11-9-18-3-6-20(7-4-18)30-24(33)2-1-10-29/h5,8,16-18,20H,1-4,6-7,9-15,29H2,(H,30,33). The lowest BCUT2D eigenvalue weighted by Crippen LogP contribution is -2.47. The molecule has 0 atom stereocenters. The normalized spacial score (nSPS) is 22.3. The van der Waals surface area contributed by atoms with Crippen LogP contribution in [0.2, 0.25) is 0 Å². The van der Waals surface area contributed by atoms with Gasteiger partial charge < -0.3 is 16.0 Å². The maximum absolute atomic E-state index is 13.0. The number of hydrogen-bond donors (Lipinski definition) is 2. The monoisotopic (exact) mass is 496 g/mol. The van der Waals surface area contributed by atoms with Crippen molar-refractivity contribution in [1.29, 1.82) is 0 Å². The van der Waals surface area contributed by atoms with Gasteiger partial charge in [-0.15, -0.1) is 11.3 Å². The first-order valence-electron chi connectivity index (χ1n) is 12.4. The number of halogens is 3. The zero-order valence-corrected chi connectivity index (χ0v) is 20.4. The first-order chi connectivity index (χ1) is 16.3. The van der Waals surface area contributed by atoms with E-state index in [2.05, 4.69) is 15.1 Å². The average molecular weight is 497 g/mol. The molecule has 1 aliphatic carbocycles. The van der Waals surface area contributed by atoms with Crippen LogP contribution in [0.3, 0.4) is 0 Å². The highest BCUT2D eigenvalue weighted by atomic mass is 32.1. The number of thiophene rings is 1. The highest BCUT2D eigenvalue weighted by molar-refractivity contribution is 7.17. The Morgan fingerprint density at radius 2 is 1.85 bits per heavy atom. The molecule has 2 aromatic rings. The first-order valence-corrected chi connectivity index (χ1v) is 13.3. The van der Waals surface area contributed by atoms with Gasteiger partial charge in [0.25, 0.3) is 0 Å². The Balaban J connectivity index is 1.19. The van der Waals surface area contributed by atoms with Gasteiger partial charge in [-0.1, -0.05) is 6.07 Å². The van der Waals surface area contributed by atoms with E-state index in [9.17, 15) is 18.0 Å². The van der Waals surface area contributed by atoms with Gasteiger partial charge in [0, 0.05) is 54.1 Å². The third kappa shape index (κ3) is 6.43. The molecule has 0 unspecified atom stereocenters. The van der Waals surface area contributed by atoms with Crippen molar-refractivity contribution in [2.45, 2.75) is 57.2 Å². The highest BCUT2D eigenvalue weighted by Crippen LogP contribution is 2.38. The van der Waals surface area contributed by atoms with Gasteiger partial charge in [-0.05, 0) is 69.7 Å². The summed E-state index contributed by atoms with van der Waals surface area (Å²) in [6.07, 6.45) is 2.62. The molecule has 5 nitrogen and oxygen atoms in total. The van der Waals surface area contributed by atoms with E-state index in [1.165, 1.54) is 42.7 Å². The van der Waals surface area contributed by atoms with Gasteiger partial charge in [-0.2, -0.15) is 13.2 Å². The number of carbonyl (C=O) groups excluding carboxylic acids is 1. The maximum Gasteiger partial charge on any atom is 0.416 e. The summed E-state index contributed by atoms with van der Waals surface area (Å²) < 4.78 is 39.7. The number of benzene rings is 1. The third-order valence-corrected chi connectivity index (χ3v) is 8.20. The van der Waals surface area contributed by atoms with Crippen molar-refractivity contribution >= 4 is 33.0 Å². The van der Waals surface area contributed by atoms with Crippen molar-refractivity contribution in [1.82, 2.24) is 10.2 Å². The summed E-state index contributed by atoms with van der Waals surface area (Å²) in [6, 6.07) is 4.39. The summed E-state index contributed by atoms with van der Waals surface area (Å²) in [5.74, 6) is 0.852. The van der Waals surface area contributed by atoms with Gasteiger partial charge in [0.05, 0.1) is 11.3 Å². The molecule has 1 amide bonds. The predicted molar refractivity (Wildman–Crippen MR) is 132 cm³/mol. The Hall–Kier alpha value is -1.84. The molecule has 2 heterocycles. The van der Waals surface area contributed by atoms with Crippen LogP contribution in [0.5, 0.6) is 0 Å². The quantitative estimate of drug-likeness (QED) is 0.549. The lowest BCUT2D eigenvalue weighted by molar-refractivity contribution is -0.137. The molecule has 0 bridgehead atoms. The predicted octanol–water partition coefficient (Wildman–Crippen LogP) is 4.85. The van der Waals surface area contributed by atoms with Crippen LogP contribution in [-0.4, -0.2) is 56.1 Å². The first kappa shape index (κ1) is 25.3. The van der Waals surface area contributed by atoms with Crippen LogP contribution in [0.1, 0.15) is 50.5 Å². The van der Waals surface area contributed by atoms with Gasteiger partial charge in [-0.3, -0.25) is 9.69 Å². The zero-order chi connectivity index (χ0) is 24.1. The van der Waals surface area contributed by atoms with E-state index in [-0.39, 0.29) is 5.91 Å². The van der Waals surface area contributed by atoms with E-state index >= 15 is 0 Å². The average Bonchev–Trinajstić information content (AvgIpc) is 3.25. The minimum atomic E-state index is -4.30. The number of carbonyl (C=O) groups is 1. The minimum absolute atomic E-state index is 0.131. The Morgan fingerprint density at radius 3 is 2.53 bits per heavy atom. The highest BCUT2D eigenvalue weighted by Gasteiger charge is 2.31. The van der Waals surface area contributed by atoms with Gasteiger partial charge in [0.15, 0.2) is 0 Å². The number of nitrogens with two attached hydrogens (primary N) is 1. The van der Waals surface area contributed by atoms with Crippen LogP contribution in [-0.2, 0) is 11.0 Å². The molecule has 2 aliphatic rings. The summed E-state index contributed by atoms with van der Waals surface area (Å²) in [5, 5.41) is 6.06. The molecule has 1 saturated carbocycles. The zero-order valence-electron chi connectivity index (χ0n) is 19.6. The summed E-state index contributed by atoms with van der Waals surface area (Å²) in [7, 11) is 0. The van der Waals surface area contributed by atoms with Gasteiger partial charge in [-0.25, -0.2) is 0 Å². The van der Waals surface area contributed by atoms with Crippen molar-refractivity contribution in [3.8, 4) is 0 Å². The molecule has 1 aliphatic heterocycles. The van der Waals surface area contributed by atoms with Crippen LogP contribution in [0.4, 0.5) is 18.9 Å². The second kappa shape index (κ2) is 11.3. The van der Waals surface area contributed by atoms with Crippen LogP contribution < -0.4 is 16.0 Å². The van der Waals surface area contributed by atoms with E-state index in [1.54, 1.807) is 6.07 Å². The number of fused-ring (bicyclic) bond motifs is 1. The molecule has 188 valence electrons. The summed E-state index contributed by atoms with van der Waals surface area (Å²) in [6.45, 7) is 5.39. The molecular formula is C25H35F3N4OS. The fourth-order valence-corrected chi connectivity index (χ4v) is 6.18. The molecule has 3 N–H and O–H groups in total. The van der Waals surface area contributed by atoms with Crippen LogP contribution in [0, 0.1) is 5.92 Å². The third-order valence-electron chi connectivity index (χ3n) is 7.27. The second-order valence-electron chi connectivity index (χ2n) is 9.62. The smallest absolute Gasteiger partial charge is 0.368 e. The van der Waals surface area contributed by atoms with Crippen LogP contribution in [0.15, 0.2) is 23.6 Å². The van der Waals surface area contributed by atoms with Crippen molar-refractivity contribution < 1.29 is 18.0 Å². The molecule has 9 heteroatoms. The number of amides is 1. The number of anilines is 1. The van der Waals surface area contributed by atoms with E-state index in [0.717, 1.165) is 69.0 Å². The van der Waals surface area contributed by atoms with Crippen LogP contribution in [0.25, 0.3) is 10.1 Å². The summed E-state index contributed by atoms with van der Waals surface area (Å²) >= 11 is 1.39. The molecular weight excluding hydrogens is 461 g/mol. The second-order valence-corrected chi connectivity index (χ2v) is 10.5. The Kier molecular flexibility index (Phi) is 8.37. The number of nitrogens with one attached hydrogen (secondary N) is 1. The fraction of sp³-hybridized carbons (Fsp3) is 0.640. The Bertz CT molecular complexity index is 947. The van der Waals surface area contributed by atoms with E-state index < -0.39 is 11.7 Å². The van der Waals surface area contributed by atoms with Gasteiger partial charge in [0.2, 0.25) is 5.91 Å². The molecule has 1 saturated heterocycles. The topological polar surface area (TPSA) is 61.6 Å². The van der Waals surface area contributed by atoms with Crippen molar-refractivity contribution in [3.63, 3.8) is 0 Å². The van der Waals surface area contributed by atoms with Crippen molar-refractivity contribution in [3.05, 3.63) is 29.1 Å². The molecule has 34 heavy (non-hydrogen) atoms. The summed E-state index contributed by atoms with van der Waals surface area (Å²) in [5.41, 5.74) is 5.95. The van der Waals surface area contributed by atoms with Gasteiger partial charge >= 0.3 is 6.18 Å². The SMILES string of the molecule is NCCCC(=O)NC1CCC(CCN2CCN(c3csc4cc(C(F)(F)F)ccc34)CC2)CC1. The van der Waals surface area contributed by atoms with Crippen LogP contribution >= 0.6 is 11.3 Å².